The molecule has 0 unspecified atom stereocenters. The van der Waals surface area contributed by atoms with Crippen LogP contribution in [0, 0.1) is 0 Å². The van der Waals surface area contributed by atoms with Crippen LogP contribution in [0.5, 0.6) is 0 Å². The van der Waals surface area contributed by atoms with Gasteiger partial charge in [0.1, 0.15) is 11.6 Å². The van der Waals surface area contributed by atoms with Crippen molar-refractivity contribution in [2.24, 2.45) is 0 Å². The summed E-state index contributed by atoms with van der Waals surface area (Å²) < 4.78 is 0. The molecule has 0 spiro atoms. The van der Waals surface area contributed by atoms with Crippen LogP contribution in [-0.2, 0) is 16.2 Å². The molecule has 3 heterocycles. The Morgan fingerprint density at radius 2 is 0.667 bits per heavy atom. The Hall–Kier alpha value is -8.22. The first-order chi connectivity index (χ1) is 34.6. The summed E-state index contributed by atoms with van der Waals surface area (Å²) in [5, 5.41) is 3.31. The van der Waals surface area contributed by atoms with E-state index in [1.807, 2.05) is 60.7 Å². The molecule has 72 heavy (non-hydrogen) atoms. The van der Waals surface area contributed by atoms with Gasteiger partial charge in [-0.2, -0.15) is 0 Å². The Balaban J connectivity index is 0.000000135. The summed E-state index contributed by atoms with van der Waals surface area (Å²) in [5.74, 6) is 2.54. The molecule has 0 N–H and O–H groups in total. The second-order valence-corrected chi connectivity index (χ2v) is 21.2. The maximum Gasteiger partial charge on any atom is 0.160 e. The minimum atomic E-state index is -0.111. The Kier molecular flexibility index (Phi) is 14.0. The van der Waals surface area contributed by atoms with E-state index >= 15 is 0 Å². The molecule has 356 valence electrons. The van der Waals surface area contributed by atoms with Crippen molar-refractivity contribution < 1.29 is 0 Å². The highest BCUT2D eigenvalue weighted by atomic mass is 14.9. The van der Waals surface area contributed by atoms with Crippen LogP contribution in [0.15, 0.2) is 212 Å². The highest BCUT2D eigenvalue weighted by molar-refractivity contribution is 5.97. The number of nitrogens with zero attached hydrogens (tertiary/aromatic N) is 6. The summed E-state index contributed by atoms with van der Waals surface area (Å²) in [6, 6.07) is 72.9. The minimum absolute atomic E-state index is 0.00786. The average molecular weight is 939 g/mol. The van der Waals surface area contributed by atoms with E-state index in [-0.39, 0.29) is 16.2 Å². The highest BCUT2D eigenvalue weighted by Crippen LogP contribution is 2.37. The molecule has 0 fully saturated rings. The maximum absolute atomic E-state index is 5.02. The molecule has 6 nitrogen and oxygen atoms in total. The molecule has 0 bridgehead atoms. The normalized spacial score (nSPS) is 11.7. The lowest BCUT2D eigenvalue weighted by molar-refractivity contribution is 0.549. The molecule has 11 aromatic rings. The van der Waals surface area contributed by atoms with Crippen LogP contribution in [0.4, 0.5) is 0 Å². The molecular weight excluding hydrogens is 877 g/mol. The Morgan fingerprint density at radius 3 is 1.21 bits per heavy atom. The Morgan fingerprint density at radius 1 is 0.264 bits per heavy atom. The van der Waals surface area contributed by atoms with Crippen LogP contribution in [0.3, 0.4) is 0 Å². The molecule has 3 aromatic heterocycles. The summed E-state index contributed by atoms with van der Waals surface area (Å²) in [7, 11) is 0. The van der Waals surface area contributed by atoms with Crippen LogP contribution in [0.2, 0.25) is 0 Å². The van der Waals surface area contributed by atoms with Crippen molar-refractivity contribution in [1.82, 2.24) is 29.9 Å². The van der Waals surface area contributed by atoms with Crippen molar-refractivity contribution in [3.8, 4) is 56.2 Å². The third-order valence-corrected chi connectivity index (χ3v) is 12.4. The lowest BCUT2D eigenvalue weighted by Crippen LogP contribution is -2.16. The molecule has 0 amide bonds. The van der Waals surface area contributed by atoms with Crippen molar-refractivity contribution in [3.05, 3.63) is 230 Å². The second-order valence-electron chi connectivity index (χ2n) is 21.2. The van der Waals surface area contributed by atoms with Gasteiger partial charge in [-0.15, -0.1) is 0 Å². The third kappa shape index (κ3) is 11.0. The zero-order chi connectivity index (χ0) is 50.5. The molecule has 6 heteroatoms. The van der Waals surface area contributed by atoms with Crippen molar-refractivity contribution in [2.75, 3.05) is 0 Å². The first-order valence-electron chi connectivity index (χ1n) is 24.8. The van der Waals surface area contributed by atoms with Crippen LogP contribution < -0.4 is 0 Å². The predicted molar refractivity (Wildman–Crippen MR) is 302 cm³/mol. The van der Waals surface area contributed by atoms with E-state index in [0.717, 1.165) is 84.0 Å². The van der Waals surface area contributed by atoms with Crippen LogP contribution in [0.25, 0.3) is 88.9 Å². The van der Waals surface area contributed by atoms with Crippen molar-refractivity contribution in [2.45, 2.75) is 78.6 Å². The van der Waals surface area contributed by atoms with Crippen LogP contribution in [-0.4, -0.2) is 29.9 Å². The Bertz CT molecular complexity index is 3620. The smallest absolute Gasteiger partial charge is 0.160 e. The van der Waals surface area contributed by atoms with Crippen molar-refractivity contribution in [1.29, 1.82) is 0 Å². The van der Waals surface area contributed by atoms with Gasteiger partial charge in [-0.25, -0.2) is 29.9 Å². The number of hydrogen-bond acceptors (Lipinski definition) is 6. The molecule has 0 saturated heterocycles. The summed E-state index contributed by atoms with van der Waals surface area (Å²) >= 11 is 0. The fourth-order valence-electron chi connectivity index (χ4n) is 8.65. The third-order valence-electron chi connectivity index (χ3n) is 12.4. The minimum Gasteiger partial charge on any atom is -0.232 e. The van der Waals surface area contributed by atoms with E-state index in [9.17, 15) is 0 Å². The fraction of sp³-hybridized carbons (Fsp3) is 0.182. The SMILES string of the molecule is CC(C)(C)c1nc(-c2cccc(-c3ccccc3)c2)c2ccccc2n1.CC(C)(C)c1nc(-c2ccccc2)nc2ccccc12.CC(C)(C)c1nc(-c2ccccc2-c2ccccc2)c2ccccc2n1. The van der Waals surface area contributed by atoms with Gasteiger partial charge in [0.05, 0.1) is 33.6 Å². The lowest BCUT2D eigenvalue weighted by atomic mass is 9.89. The fourth-order valence-corrected chi connectivity index (χ4v) is 8.65. The van der Waals surface area contributed by atoms with Crippen LogP contribution >= 0.6 is 0 Å². The number of rotatable bonds is 5. The Labute approximate surface area is 425 Å². The van der Waals surface area contributed by atoms with Crippen LogP contribution in [0.1, 0.15) is 79.7 Å². The molecule has 0 radical (unpaired) electrons. The molecule has 8 aromatic carbocycles. The number of para-hydroxylation sites is 3. The lowest BCUT2D eigenvalue weighted by Gasteiger charge is -2.20. The number of hydrogen-bond donors (Lipinski definition) is 0. The van der Waals surface area contributed by atoms with Gasteiger partial charge in [-0.1, -0.05) is 250 Å². The van der Waals surface area contributed by atoms with E-state index in [4.69, 9.17) is 29.9 Å². The van der Waals surface area contributed by atoms with E-state index in [1.54, 1.807) is 0 Å². The first kappa shape index (κ1) is 48.8. The number of aromatic nitrogens is 6. The first-order valence-corrected chi connectivity index (χ1v) is 24.8. The second kappa shape index (κ2) is 20.6. The summed E-state index contributed by atoms with van der Waals surface area (Å²) in [6.07, 6.45) is 0. The summed E-state index contributed by atoms with van der Waals surface area (Å²) in [6.45, 7) is 19.5. The summed E-state index contributed by atoms with van der Waals surface area (Å²) in [5.41, 5.74) is 14.0. The van der Waals surface area contributed by atoms with Gasteiger partial charge in [-0.05, 0) is 46.5 Å². The van der Waals surface area contributed by atoms with E-state index in [1.165, 1.54) is 22.3 Å². The molecular formula is C66H62N6. The van der Waals surface area contributed by atoms with Crippen molar-refractivity contribution >= 4 is 32.7 Å². The molecule has 0 atom stereocenters. The number of benzene rings is 8. The highest BCUT2D eigenvalue weighted by Gasteiger charge is 2.24. The van der Waals surface area contributed by atoms with Gasteiger partial charge >= 0.3 is 0 Å². The molecule has 0 saturated carbocycles. The molecule has 0 aliphatic rings. The van der Waals surface area contributed by atoms with Crippen molar-refractivity contribution in [3.63, 3.8) is 0 Å². The van der Waals surface area contributed by atoms with Gasteiger partial charge in [-0.3, -0.25) is 0 Å². The zero-order valence-electron chi connectivity index (χ0n) is 42.9. The van der Waals surface area contributed by atoms with Gasteiger partial charge in [0.15, 0.2) is 5.82 Å². The summed E-state index contributed by atoms with van der Waals surface area (Å²) in [4.78, 5) is 29.1. The number of fused-ring (bicyclic) bond motifs is 3. The molecule has 11 rings (SSSR count). The van der Waals surface area contributed by atoms with Gasteiger partial charge < -0.3 is 0 Å². The molecule has 0 aliphatic carbocycles. The van der Waals surface area contributed by atoms with Gasteiger partial charge in [0.25, 0.3) is 0 Å². The zero-order valence-corrected chi connectivity index (χ0v) is 42.9. The molecule has 0 aliphatic heterocycles. The van der Waals surface area contributed by atoms with Gasteiger partial charge in [0, 0.05) is 49.1 Å². The maximum atomic E-state index is 5.02. The van der Waals surface area contributed by atoms with E-state index < -0.39 is 0 Å². The monoisotopic (exact) mass is 939 g/mol. The average Bonchev–Trinajstić information content (AvgIpc) is 3.40. The van der Waals surface area contributed by atoms with E-state index in [2.05, 4.69) is 214 Å². The topological polar surface area (TPSA) is 77.3 Å². The quantitative estimate of drug-likeness (QED) is 0.171. The largest absolute Gasteiger partial charge is 0.232 e. The van der Waals surface area contributed by atoms with E-state index in [0.29, 0.717) is 0 Å². The predicted octanol–water partition coefficient (Wildman–Crippen LogP) is 17.1. The van der Waals surface area contributed by atoms with Gasteiger partial charge in [0.2, 0.25) is 0 Å². The standard InChI is InChI=1S/2C24H22N2.C18H18N2/c1-24(2,3)23-25-21-16-10-9-15-20(21)22(26-23)19-14-8-7-13-18(19)17-11-5-4-6-12-17;1-24(2,3)23-25-21-15-8-7-14-20(21)22(26-23)19-13-9-12-18(16-19)17-10-5-4-6-11-17;1-18(2,3)16-14-11-7-8-12-15(14)19-17(20-16)13-9-5-4-6-10-13/h2*4-16H,1-3H3;4-12H,1-3H3.